The second-order valence-electron chi connectivity index (χ2n) is 3.89. The molecular weight excluding hydrogens is 272 g/mol. The van der Waals surface area contributed by atoms with Crippen molar-refractivity contribution in [3.63, 3.8) is 0 Å². The van der Waals surface area contributed by atoms with Crippen LogP contribution in [0.25, 0.3) is 0 Å². The normalized spacial score (nSPS) is 10.3. The molecule has 0 saturated heterocycles. The average Bonchev–Trinajstić information content (AvgIpc) is 2.72. The standard InChI is InChI=1S/C11H16N2O3S2/c1-13(2)10(14)5-9-12-8(7-18-9)6-17-4-3-11(15)16/h7H,3-6H2,1-2H3,(H,15,16). The topological polar surface area (TPSA) is 70.5 Å². The molecule has 0 aliphatic heterocycles. The molecule has 7 heteroatoms. The fourth-order valence-electron chi connectivity index (χ4n) is 1.12. The molecule has 100 valence electrons. The van der Waals surface area contributed by atoms with Gasteiger partial charge in [0, 0.05) is 31.0 Å². The minimum Gasteiger partial charge on any atom is -0.481 e. The summed E-state index contributed by atoms with van der Waals surface area (Å²) in [7, 11) is 3.44. The van der Waals surface area contributed by atoms with E-state index in [0.29, 0.717) is 17.9 Å². The summed E-state index contributed by atoms with van der Waals surface area (Å²) in [6.45, 7) is 0. The minimum absolute atomic E-state index is 0.0365. The van der Waals surface area contributed by atoms with Gasteiger partial charge in [-0.1, -0.05) is 0 Å². The third-order valence-corrected chi connectivity index (χ3v) is 4.00. The highest BCUT2D eigenvalue weighted by atomic mass is 32.2. The van der Waals surface area contributed by atoms with Gasteiger partial charge in [-0.05, 0) is 0 Å². The fourth-order valence-corrected chi connectivity index (χ4v) is 2.83. The first kappa shape index (κ1) is 15.0. The Morgan fingerprint density at radius 2 is 2.22 bits per heavy atom. The van der Waals surface area contributed by atoms with Gasteiger partial charge in [-0.3, -0.25) is 9.59 Å². The number of nitrogens with zero attached hydrogens (tertiary/aromatic N) is 2. The molecule has 0 atom stereocenters. The predicted molar refractivity (Wildman–Crippen MR) is 72.9 cm³/mol. The lowest BCUT2D eigenvalue weighted by Gasteiger charge is -2.07. The van der Waals surface area contributed by atoms with Gasteiger partial charge in [0.15, 0.2) is 0 Å². The summed E-state index contributed by atoms with van der Waals surface area (Å²) in [6.07, 6.45) is 0.498. The Labute approximate surface area is 114 Å². The molecule has 0 aromatic carbocycles. The summed E-state index contributed by atoms with van der Waals surface area (Å²) in [6, 6.07) is 0. The number of carboxylic acids is 1. The SMILES string of the molecule is CN(C)C(=O)Cc1nc(CSCCC(=O)O)cs1. The van der Waals surface area contributed by atoms with Crippen LogP contribution < -0.4 is 0 Å². The third kappa shape index (κ3) is 5.50. The largest absolute Gasteiger partial charge is 0.481 e. The van der Waals surface area contributed by atoms with E-state index in [1.807, 2.05) is 5.38 Å². The van der Waals surface area contributed by atoms with Crippen molar-refractivity contribution in [2.45, 2.75) is 18.6 Å². The first-order valence-electron chi connectivity index (χ1n) is 5.42. The average molecular weight is 288 g/mol. The van der Waals surface area contributed by atoms with Crippen LogP contribution >= 0.6 is 23.1 Å². The van der Waals surface area contributed by atoms with Gasteiger partial charge >= 0.3 is 5.97 Å². The van der Waals surface area contributed by atoms with Gasteiger partial charge in [0.2, 0.25) is 5.91 Å². The van der Waals surface area contributed by atoms with Crippen LogP contribution in [-0.2, 0) is 21.8 Å². The molecule has 0 bridgehead atoms. The van der Waals surface area contributed by atoms with Crippen molar-refractivity contribution in [1.29, 1.82) is 0 Å². The predicted octanol–water partition coefficient (Wildman–Crippen LogP) is 1.48. The van der Waals surface area contributed by atoms with Crippen molar-refractivity contribution in [2.75, 3.05) is 19.8 Å². The molecule has 0 spiro atoms. The molecule has 0 aliphatic rings. The third-order valence-electron chi connectivity index (χ3n) is 2.11. The van der Waals surface area contributed by atoms with Gasteiger partial charge < -0.3 is 10.0 Å². The summed E-state index contributed by atoms with van der Waals surface area (Å²) < 4.78 is 0. The Kier molecular flexibility index (Phi) is 6.14. The van der Waals surface area contributed by atoms with Crippen molar-refractivity contribution < 1.29 is 14.7 Å². The van der Waals surface area contributed by atoms with Crippen LogP contribution in [-0.4, -0.2) is 46.7 Å². The number of thioether (sulfide) groups is 1. The number of rotatable bonds is 7. The van der Waals surface area contributed by atoms with Crippen molar-refractivity contribution in [2.24, 2.45) is 0 Å². The molecule has 18 heavy (non-hydrogen) atoms. The van der Waals surface area contributed by atoms with E-state index in [1.54, 1.807) is 30.8 Å². The lowest BCUT2D eigenvalue weighted by molar-refractivity contribution is -0.136. The quantitative estimate of drug-likeness (QED) is 0.770. The van der Waals surface area contributed by atoms with E-state index in [4.69, 9.17) is 5.11 Å². The first-order valence-corrected chi connectivity index (χ1v) is 7.45. The summed E-state index contributed by atoms with van der Waals surface area (Å²) in [5.41, 5.74) is 0.914. The van der Waals surface area contributed by atoms with Crippen LogP contribution in [0.2, 0.25) is 0 Å². The summed E-state index contributed by atoms with van der Waals surface area (Å²) >= 11 is 3.01. The number of aliphatic carboxylic acids is 1. The van der Waals surface area contributed by atoms with Crippen LogP contribution in [0, 0.1) is 0 Å². The molecule has 1 heterocycles. The van der Waals surface area contributed by atoms with E-state index in [1.165, 1.54) is 11.3 Å². The first-order chi connectivity index (χ1) is 8.49. The molecule has 0 radical (unpaired) electrons. The van der Waals surface area contributed by atoms with E-state index >= 15 is 0 Å². The van der Waals surface area contributed by atoms with Gasteiger partial charge in [0.25, 0.3) is 0 Å². The smallest absolute Gasteiger partial charge is 0.304 e. The summed E-state index contributed by atoms with van der Waals surface area (Å²) in [5, 5.41) is 11.2. The maximum Gasteiger partial charge on any atom is 0.304 e. The van der Waals surface area contributed by atoms with Crippen molar-refractivity contribution >= 4 is 35.0 Å². The molecule has 1 amide bonds. The highest BCUT2D eigenvalue weighted by Crippen LogP contribution is 2.17. The lowest BCUT2D eigenvalue weighted by Crippen LogP contribution is -2.23. The highest BCUT2D eigenvalue weighted by Gasteiger charge is 2.09. The van der Waals surface area contributed by atoms with Crippen LogP contribution in [0.5, 0.6) is 0 Å². The number of carboxylic acid groups (broad SMARTS) is 1. The molecule has 0 fully saturated rings. The van der Waals surface area contributed by atoms with Gasteiger partial charge in [-0.15, -0.1) is 11.3 Å². The Morgan fingerprint density at radius 1 is 1.50 bits per heavy atom. The zero-order valence-corrected chi connectivity index (χ0v) is 12.0. The maximum atomic E-state index is 11.5. The van der Waals surface area contributed by atoms with Crippen LogP contribution in [0.4, 0.5) is 0 Å². The zero-order valence-electron chi connectivity index (χ0n) is 10.4. The molecule has 0 saturated carbocycles. The van der Waals surface area contributed by atoms with E-state index in [9.17, 15) is 9.59 Å². The Morgan fingerprint density at radius 3 is 2.83 bits per heavy atom. The molecule has 1 aromatic rings. The van der Waals surface area contributed by atoms with Crippen molar-refractivity contribution in [1.82, 2.24) is 9.88 Å². The number of carbonyl (C=O) groups is 2. The summed E-state index contributed by atoms with van der Waals surface area (Å²) in [5.74, 6) is 0.533. The number of hydrogen-bond donors (Lipinski definition) is 1. The van der Waals surface area contributed by atoms with E-state index in [2.05, 4.69) is 4.98 Å². The van der Waals surface area contributed by atoms with E-state index < -0.39 is 5.97 Å². The van der Waals surface area contributed by atoms with E-state index in [0.717, 1.165) is 10.7 Å². The molecule has 1 aromatic heterocycles. The number of carbonyl (C=O) groups excluding carboxylic acids is 1. The van der Waals surface area contributed by atoms with Crippen molar-refractivity contribution in [3.8, 4) is 0 Å². The van der Waals surface area contributed by atoms with Crippen LogP contribution in [0.1, 0.15) is 17.1 Å². The Balaban J connectivity index is 2.34. The second-order valence-corrected chi connectivity index (χ2v) is 5.94. The van der Waals surface area contributed by atoms with E-state index in [-0.39, 0.29) is 12.3 Å². The number of aromatic nitrogens is 1. The van der Waals surface area contributed by atoms with Gasteiger partial charge in [0.05, 0.1) is 18.5 Å². The number of thiazole rings is 1. The highest BCUT2D eigenvalue weighted by molar-refractivity contribution is 7.98. The second kappa shape index (κ2) is 7.38. The van der Waals surface area contributed by atoms with Crippen molar-refractivity contribution in [3.05, 3.63) is 16.1 Å². The van der Waals surface area contributed by atoms with Crippen LogP contribution in [0.3, 0.4) is 0 Å². The molecule has 1 rings (SSSR count). The number of amides is 1. The minimum atomic E-state index is -0.780. The molecule has 0 aliphatic carbocycles. The van der Waals surface area contributed by atoms with Gasteiger partial charge in [0.1, 0.15) is 5.01 Å². The monoisotopic (exact) mass is 288 g/mol. The Bertz CT molecular complexity index is 418. The van der Waals surface area contributed by atoms with Gasteiger partial charge in [-0.25, -0.2) is 4.98 Å². The number of hydrogen-bond acceptors (Lipinski definition) is 5. The zero-order chi connectivity index (χ0) is 13.5. The molecule has 5 nitrogen and oxygen atoms in total. The molecule has 1 N–H and O–H groups in total. The number of likely N-dealkylation sites (N-methyl/N-ethyl adjacent to an activating group) is 1. The fraction of sp³-hybridized carbons (Fsp3) is 0.545. The lowest BCUT2D eigenvalue weighted by atomic mass is 10.4. The summed E-state index contributed by atoms with van der Waals surface area (Å²) in [4.78, 5) is 27.7. The maximum absolute atomic E-state index is 11.5. The van der Waals surface area contributed by atoms with Gasteiger partial charge in [-0.2, -0.15) is 11.8 Å². The Hall–Kier alpha value is -1.08. The van der Waals surface area contributed by atoms with Crippen LogP contribution in [0.15, 0.2) is 5.38 Å². The molecular formula is C11H16N2O3S2. The molecule has 0 unspecified atom stereocenters.